The third kappa shape index (κ3) is 8.03. The van der Waals surface area contributed by atoms with E-state index in [0.29, 0.717) is 37.7 Å². The monoisotopic (exact) mass is 304 g/mol. The second-order valence-electron chi connectivity index (χ2n) is 4.27. The van der Waals surface area contributed by atoms with Crippen LogP contribution in [0.15, 0.2) is 0 Å². The van der Waals surface area contributed by atoms with Gasteiger partial charge in [-0.05, 0) is 13.8 Å². The van der Waals surface area contributed by atoms with Crippen LogP contribution in [0, 0.1) is 0 Å². The molecule has 0 aromatic heterocycles. The van der Waals surface area contributed by atoms with Crippen LogP contribution in [0.4, 0.5) is 4.79 Å². The summed E-state index contributed by atoms with van der Waals surface area (Å²) in [5, 5.41) is 4.80. The van der Waals surface area contributed by atoms with E-state index < -0.39 is 12.1 Å². The predicted molar refractivity (Wildman–Crippen MR) is 81.5 cm³/mol. The normalized spacial score (nSPS) is 12.0. The molecule has 0 saturated heterocycles. The number of nitrogens with two attached hydrogens (primary N) is 1. The van der Waals surface area contributed by atoms with Crippen molar-refractivity contribution in [1.29, 1.82) is 0 Å². The molecule has 0 aliphatic rings. The third-order valence-corrected chi connectivity index (χ3v) is 2.93. The van der Waals surface area contributed by atoms with Crippen LogP contribution in [0.2, 0.25) is 0 Å². The number of ether oxygens (including phenoxy) is 1. The van der Waals surface area contributed by atoms with Gasteiger partial charge in [0.1, 0.15) is 0 Å². The fourth-order valence-corrected chi connectivity index (χ4v) is 1.64. The number of thiocarbonyl (C=S) groups is 1. The van der Waals surface area contributed by atoms with E-state index in [1.54, 1.807) is 21.0 Å². The number of hydrogen-bond donors (Lipinski definition) is 3. The lowest BCUT2D eigenvalue weighted by atomic mass is 10.2. The second kappa shape index (κ2) is 10.5. The van der Waals surface area contributed by atoms with Crippen LogP contribution in [-0.4, -0.2) is 61.2 Å². The Morgan fingerprint density at radius 1 is 1.40 bits per heavy atom. The Kier molecular flexibility index (Phi) is 9.87. The highest BCUT2D eigenvalue weighted by Crippen LogP contribution is 2.01. The standard InChI is InChI=1S/C12H24N4O3S/c1-4-14-12(18)15-11(17)9(2)16(7-8-19-3)6-5-10(13)20/h9H,4-8H2,1-3H3,(H2,13,20)(H2,14,15,17,18). The Bertz CT molecular complexity index is 339. The summed E-state index contributed by atoms with van der Waals surface area (Å²) in [5.41, 5.74) is 5.47. The summed E-state index contributed by atoms with van der Waals surface area (Å²) in [6.45, 7) is 5.55. The number of methoxy groups -OCH3 is 1. The second-order valence-corrected chi connectivity index (χ2v) is 4.79. The van der Waals surface area contributed by atoms with Gasteiger partial charge in [0.15, 0.2) is 0 Å². The van der Waals surface area contributed by atoms with Gasteiger partial charge in [0.2, 0.25) is 5.91 Å². The summed E-state index contributed by atoms with van der Waals surface area (Å²) in [4.78, 5) is 25.6. The third-order valence-electron chi connectivity index (χ3n) is 2.73. The molecule has 0 heterocycles. The maximum atomic E-state index is 12.0. The minimum Gasteiger partial charge on any atom is -0.393 e. The van der Waals surface area contributed by atoms with Gasteiger partial charge >= 0.3 is 6.03 Å². The fraction of sp³-hybridized carbons (Fsp3) is 0.750. The molecule has 0 saturated carbocycles. The number of imide groups is 1. The largest absolute Gasteiger partial charge is 0.393 e. The maximum Gasteiger partial charge on any atom is 0.321 e. The Balaban J connectivity index is 4.49. The van der Waals surface area contributed by atoms with Gasteiger partial charge in [-0.1, -0.05) is 12.2 Å². The molecule has 4 N–H and O–H groups in total. The molecule has 0 rings (SSSR count). The zero-order valence-corrected chi connectivity index (χ0v) is 13.1. The first-order valence-electron chi connectivity index (χ1n) is 6.52. The maximum absolute atomic E-state index is 12.0. The highest BCUT2D eigenvalue weighted by molar-refractivity contribution is 7.80. The van der Waals surface area contributed by atoms with E-state index in [0.717, 1.165) is 0 Å². The van der Waals surface area contributed by atoms with Gasteiger partial charge < -0.3 is 15.8 Å². The minimum atomic E-state index is -0.495. The van der Waals surface area contributed by atoms with Crippen LogP contribution < -0.4 is 16.4 Å². The first kappa shape index (κ1) is 18.8. The van der Waals surface area contributed by atoms with Gasteiger partial charge in [-0.2, -0.15) is 0 Å². The molecule has 20 heavy (non-hydrogen) atoms. The Hall–Kier alpha value is -1.25. The molecule has 0 spiro atoms. The van der Waals surface area contributed by atoms with E-state index in [-0.39, 0.29) is 5.91 Å². The van der Waals surface area contributed by atoms with Gasteiger partial charge in [-0.25, -0.2) is 4.79 Å². The summed E-state index contributed by atoms with van der Waals surface area (Å²) in [6, 6.07) is -0.965. The van der Waals surface area contributed by atoms with Crippen molar-refractivity contribution in [3.63, 3.8) is 0 Å². The Morgan fingerprint density at radius 2 is 2.05 bits per heavy atom. The summed E-state index contributed by atoms with van der Waals surface area (Å²) >= 11 is 4.84. The zero-order chi connectivity index (χ0) is 15.5. The van der Waals surface area contributed by atoms with Crippen molar-refractivity contribution in [2.75, 3.05) is 33.4 Å². The topological polar surface area (TPSA) is 96.7 Å². The van der Waals surface area contributed by atoms with Crippen LogP contribution in [0.5, 0.6) is 0 Å². The number of amides is 3. The van der Waals surface area contributed by atoms with Gasteiger partial charge in [0.05, 0.1) is 17.6 Å². The zero-order valence-electron chi connectivity index (χ0n) is 12.3. The number of urea groups is 1. The number of carbonyl (C=O) groups is 2. The molecule has 0 aromatic carbocycles. The van der Waals surface area contributed by atoms with E-state index in [2.05, 4.69) is 10.6 Å². The molecule has 7 nitrogen and oxygen atoms in total. The van der Waals surface area contributed by atoms with E-state index in [4.69, 9.17) is 22.7 Å². The smallest absolute Gasteiger partial charge is 0.321 e. The van der Waals surface area contributed by atoms with Crippen molar-refractivity contribution in [3.8, 4) is 0 Å². The molecule has 8 heteroatoms. The van der Waals surface area contributed by atoms with Crippen molar-refractivity contribution in [2.24, 2.45) is 5.73 Å². The molecular formula is C12H24N4O3S. The first-order chi connectivity index (χ1) is 9.42. The lowest BCUT2D eigenvalue weighted by Crippen LogP contribution is -2.50. The van der Waals surface area contributed by atoms with Crippen molar-refractivity contribution in [3.05, 3.63) is 0 Å². The lowest BCUT2D eigenvalue weighted by molar-refractivity contribution is -0.124. The SMILES string of the molecule is CCNC(=O)NC(=O)C(C)N(CCOC)CCC(N)=S. The van der Waals surface area contributed by atoms with Crippen LogP contribution >= 0.6 is 12.2 Å². The van der Waals surface area contributed by atoms with Gasteiger partial charge in [0.25, 0.3) is 0 Å². The van der Waals surface area contributed by atoms with Gasteiger partial charge in [-0.15, -0.1) is 0 Å². The molecule has 0 aliphatic carbocycles. The van der Waals surface area contributed by atoms with Crippen LogP contribution in [0.1, 0.15) is 20.3 Å². The van der Waals surface area contributed by atoms with Crippen LogP contribution in [0.3, 0.4) is 0 Å². The van der Waals surface area contributed by atoms with E-state index >= 15 is 0 Å². The molecule has 1 atom stereocenters. The van der Waals surface area contributed by atoms with Gasteiger partial charge in [-0.3, -0.25) is 15.0 Å². The van der Waals surface area contributed by atoms with Crippen LogP contribution in [0.25, 0.3) is 0 Å². The Labute approximate surface area is 125 Å². The molecule has 0 fully saturated rings. The van der Waals surface area contributed by atoms with Crippen molar-refractivity contribution < 1.29 is 14.3 Å². The minimum absolute atomic E-state index is 0.366. The number of carbonyl (C=O) groups excluding carboxylic acids is 2. The van der Waals surface area contributed by atoms with Crippen molar-refractivity contribution in [2.45, 2.75) is 26.3 Å². The molecule has 116 valence electrons. The first-order valence-corrected chi connectivity index (χ1v) is 6.93. The van der Waals surface area contributed by atoms with E-state index in [9.17, 15) is 9.59 Å². The van der Waals surface area contributed by atoms with Crippen molar-refractivity contribution >= 4 is 29.1 Å². The number of nitrogens with zero attached hydrogens (tertiary/aromatic N) is 1. The highest BCUT2D eigenvalue weighted by atomic mass is 32.1. The molecule has 0 radical (unpaired) electrons. The van der Waals surface area contributed by atoms with Crippen LogP contribution in [-0.2, 0) is 9.53 Å². The van der Waals surface area contributed by atoms with Crippen molar-refractivity contribution in [1.82, 2.24) is 15.5 Å². The quantitative estimate of drug-likeness (QED) is 0.512. The average Bonchev–Trinajstić information content (AvgIpc) is 2.38. The summed E-state index contributed by atoms with van der Waals surface area (Å²) in [6.07, 6.45) is 0.512. The van der Waals surface area contributed by atoms with E-state index in [1.807, 2.05) is 4.90 Å². The number of rotatable bonds is 9. The predicted octanol–water partition coefficient (Wildman–Crippen LogP) is -0.155. The summed E-state index contributed by atoms with van der Waals surface area (Å²) in [5.74, 6) is -0.366. The summed E-state index contributed by atoms with van der Waals surface area (Å²) < 4.78 is 5.01. The molecule has 0 bridgehead atoms. The van der Waals surface area contributed by atoms with E-state index in [1.165, 1.54) is 0 Å². The molecule has 1 unspecified atom stereocenters. The fourth-order valence-electron chi connectivity index (χ4n) is 1.55. The average molecular weight is 304 g/mol. The number of nitrogens with one attached hydrogen (secondary N) is 2. The molecule has 0 aliphatic heterocycles. The molecule has 0 aromatic rings. The summed E-state index contributed by atoms with van der Waals surface area (Å²) in [7, 11) is 1.59. The highest BCUT2D eigenvalue weighted by Gasteiger charge is 2.22. The molecular weight excluding hydrogens is 280 g/mol. The Morgan fingerprint density at radius 3 is 2.55 bits per heavy atom. The number of hydrogen-bond acceptors (Lipinski definition) is 5. The van der Waals surface area contributed by atoms with Gasteiger partial charge in [0, 0.05) is 33.2 Å². The lowest BCUT2D eigenvalue weighted by Gasteiger charge is -2.27. The molecule has 3 amide bonds.